The minimum Gasteiger partial charge on any atom is -0.383 e. The first-order chi connectivity index (χ1) is 9.83. The maximum atomic E-state index is 5.85. The molecule has 0 unspecified atom stereocenters. The lowest BCUT2D eigenvalue weighted by Crippen LogP contribution is -2.09. The fourth-order valence-corrected chi connectivity index (χ4v) is 3.69. The minimum absolute atomic E-state index is 0.482. The summed E-state index contributed by atoms with van der Waals surface area (Å²) in [5, 5.41) is 20.7. The third-order valence-electron chi connectivity index (χ3n) is 3.88. The van der Waals surface area contributed by atoms with Gasteiger partial charge in [-0.05, 0) is 12.8 Å². The molecule has 0 aliphatic heterocycles. The second-order valence-electron chi connectivity index (χ2n) is 5.19. The normalized spacial score (nSPS) is 17.0. The molecular weight excluding hydrogens is 274 g/mol. The first-order valence-corrected chi connectivity index (χ1v) is 7.66. The van der Waals surface area contributed by atoms with Crippen molar-refractivity contribution >= 4 is 22.1 Å². The molecule has 4 rings (SSSR count). The number of fused-ring (bicyclic) bond motifs is 1. The molecule has 7 nitrogen and oxygen atoms in total. The van der Waals surface area contributed by atoms with Crippen LogP contribution in [0.1, 0.15) is 43.8 Å². The van der Waals surface area contributed by atoms with E-state index < -0.39 is 0 Å². The van der Waals surface area contributed by atoms with Gasteiger partial charge in [0.25, 0.3) is 0 Å². The van der Waals surface area contributed by atoms with Gasteiger partial charge in [-0.15, -0.1) is 10.2 Å². The molecule has 1 aliphatic rings. The van der Waals surface area contributed by atoms with E-state index in [4.69, 9.17) is 5.73 Å². The van der Waals surface area contributed by atoms with E-state index in [0.29, 0.717) is 11.7 Å². The van der Waals surface area contributed by atoms with E-state index in [1.807, 2.05) is 4.52 Å². The summed E-state index contributed by atoms with van der Waals surface area (Å²) in [5.74, 6) is 2.01. The van der Waals surface area contributed by atoms with Crippen LogP contribution in [0.3, 0.4) is 0 Å². The van der Waals surface area contributed by atoms with Gasteiger partial charge in [0.05, 0.1) is 11.8 Å². The lowest BCUT2D eigenvalue weighted by atomic mass is 9.89. The van der Waals surface area contributed by atoms with Crippen LogP contribution in [0.25, 0.3) is 15.5 Å². The van der Waals surface area contributed by atoms with Crippen molar-refractivity contribution in [2.75, 3.05) is 5.73 Å². The molecule has 20 heavy (non-hydrogen) atoms. The average molecular weight is 289 g/mol. The maximum absolute atomic E-state index is 5.85. The molecule has 0 spiro atoms. The van der Waals surface area contributed by atoms with E-state index in [0.717, 1.165) is 21.4 Å². The van der Waals surface area contributed by atoms with Crippen LogP contribution in [0.2, 0.25) is 0 Å². The van der Waals surface area contributed by atoms with Gasteiger partial charge in [-0.1, -0.05) is 30.6 Å². The molecular formula is C12H15N7S. The second-order valence-corrected chi connectivity index (χ2v) is 6.15. The Morgan fingerprint density at radius 2 is 2.10 bits per heavy atom. The molecule has 3 heterocycles. The summed E-state index contributed by atoms with van der Waals surface area (Å²) >= 11 is 1.49. The fourth-order valence-electron chi connectivity index (χ4n) is 2.82. The van der Waals surface area contributed by atoms with Gasteiger partial charge in [0.2, 0.25) is 4.96 Å². The van der Waals surface area contributed by atoms with Crippen molar-refractivity contribution in [2.24, 2.45) is 0 Å². The van der Waals surface area contributed by atoms with Gasteiger partial charge in [0.1, 0.15) is 5.82 Å². The Kier molecular flexibility index (Phi) is 2.69. The van der Waals surface area contributed by atoms with Gasteiger partial charge in [-0.2, -0.15) is 14.7 Å². The molecule has 0 atom stereocenters. The van der Waals surface area contributed by atoms with Gasteiger partial charge in [0, 0.05) is 5.92 Å². The number of nitrogens with two attached hydrogens (primary N) is 1. The lowest BCUT2D eigenvalue weighted by molar-refractivity contribution is 0.423. The molecule has 3 aromatic heterocycles. The average Bonchev–Trinajstić information content (AvgIpc) is 3.13. The van der Waals surface area contributed by atoms with Crippen molar-refractivity contribution in [3.05, 3.63) is 12.0 Å². The van der Waals surface area contributed by atoms with Crippen molar-refractivity contribution in [3.8, 4) is 10.6 Å². The zero-order valence-corrected chi connectivity index (χ0v) is 11.7. The molecule has 3 N–H and O–H groups in total. The number of hydrogen-bond acceptors (Lipinski definition) is 6. The van der Waals surface area contributed by atoms with Crippen molar-refractivity contribution in [2.45, 2.75) is 38.0 Å². The Hall–Kier alpha value is -1.96. The van der Waals surface area contributed by atoms with Crippen LogP contribution in [-0.2, 0) is 0 Å². The molecule has 8 heteroatoms. The Labute approximate surface area is 119 Å². The van der Waals surface area contributed by atoms with Crippen LogP contribution in [0.15, 0.2) is 6.20 Å². The van der Waals surface area contributed by atoms with E-state index >= 15 is 0 Å². The number of hydrogen-bond donors (Lipinski definition) is 2. The van der Waals surface area contributed by atoms with Crippen molar-refractivity contribution < 1.29 is 0 Å². The largest absolute Gasteiger partial charge is 0.383 e. The van der Waals surface area contributed by atoms with Crippen molar-refractivity contribution in [3.63, 3.8) is 0 Å². The number of aromatic nitrogens is 6. The third-order valence-corrected chi connectivity index (χ3v) is 4.82. The highest BCUT2D eigenvalue weighted by Gasteiger charge is 2.23. The summed E-state index contributed by atoms with van der Waals surface area (Å²) in [6.45, 7) is 0. The van der Waals surface area contributed by atoms with Gasteiger partial charge in [-0.25, -0.2) is 0 Å². The van der Waals surface area contributed by atoms with E-state index in [1.54, 1.807) is 6.20 Å². The molecule has 1 saturated carbocycles. The second kappa shape index (κ2) is 4.55. The zero-order valence-electron chi connectivity index (χ0n) is 10.9. The number of nitrogens with zero attached hydrogens (tertiary/aromatic N) is 5. The Morgan fingerprint density at radius 1 is 1.25 bits per heavy atom. The van der Waals surface area contributed by atoms with Crippen molar-refractivity contribution in [1.82, 2.24) is 30.0 Å². The highest BCUT2D eigenvalue weighted by atomic mass is 32.1. The first-order valence-electron chi connectivity index (χ1n) is 6.84. The summed E-state index contributed by atoms with van der Waals surface area (Å²) in [6.07, 6.45) is 7.92. The van der Waals surface area contributed by atoms with Gasteiger partial charge in [0.15, 0.2) is 10.8 Å². The topological polar surface area (TPSA) is 97.8 Å². The standard InChI is InChI=1S/C12H15N7S/c13-9-8(6-14-15-9)11-18-19-10(16-17-12(19)20-11)7-4-2-1-3-5-7/h6-7H,1-5H2,(H3,13,14,15). The summed E-state index contributed by atoms with van der Waals surface area (Å²) in [7, 11) is 0. The Morgan fingerprint density at radius 3 is 2.85 bits per heavy atom. The summed E-state index contributed by atoms with van der Waals surface area (Å²) < 4.78 is 1.88. The number of nitrogens with one attached hydrogen (secondary N) is 1. The Balaban J connectivity index is 1.77. The predicted octanol–water partition coefficient (Wildman–Crippen LogP) is 2.21. The van der Waals surface area contributed by atoms with Crippen LogP contribution in [0, 0.1) is 0 Å². The number of nitrogen functional groups attached to an aromatic ring is 1. The molecule has 0 aromatic carbocycles. The minimum atomic E-state index is 0.482. The molecule has 0 bridgehead atoms. The summed E-state index contributed by atoms with van der Waals surface area (Å²) in [4.78, 5) is 0.821. The van der Waals surface area contributed by atoms with Gasteiger partial charge in [-0.3, -0.25) is 5.10 Å². The zero-order chi connectivity index (χ0) is 13.5. The smallest absolute Gasteiger partial charge is 0.234 e. The van der Waals surface area contributed by atoms with Crippen LogP contribution in [-0.4, -0.2) is 30.0 Å². The molecule has 3 aromatic rings. The van der Waals surface area contributed by atoms with E-state index in [1.165, 1.54) is 43.4 Å². The van der Waals surface area contributed by atoms with Crippen LogP contribution in [0.5, 0.6) is 0 Å². The highest BCUT2D eigenvalue weighted by Crippen LogP contribution is 2.34. The monoisotopic (exact) mass is 289 g/mol. The summed E-state index contributed by atoms with van der Waals surface area (Å²) in [6, 6.07) is 0. The number of H-pyrrole nitrogens is 1. The van der Waals surface area contributed by atoms with E-state index in [-0.39, 0.29) is 0 Å². The first kappa shape index (κ1) is 11.8. The van der Waals surface area contributed by atoms with Crippen LogP contribution < -0.4 is 5.73 Å². The van der Waals surface area contributed by atoms with Gasteiger partial charge >= 0.3 is 0 Å². The van der Waals surface area contributed by atoms with Crippen LogP contribution >= 0.6 is 11.3 Å². The fraction of sp³-hybridized carbons (Fsp3) is 0.500. The third kappa shape index (κ3) is 1.79. The van der Waals surface area contributed by atoms with Gasteiger partial charge < -0.3 is 5.73 Å². The van der Waals surface area contributed by atoms with E-state index in [9.17, 15) is 0 Å². The number of anilines is 1. The summed E-state index contributed by atoms with van der Waals surface area (Å²) in [5.41, 5.74) is 6.68. The maximum Gasteiger partial charge on any atom is 0.234 e. The lowest BCUT2D eigenvalue weighted by Gasteiger charge is -2.18. The number of aromatic amines is 1. The molecule has 1 fully saturated rings. The highest BCUT2D eigenvalue weighted by molar-refractivity contribution is 7.19. The predicted molar refractivity (Wildman–Crippen MR) is 76.5 cm³/mol. The number of rotatable bonds is 2. The van der Waals surface area contributed by atoms with Crippen LogP contribution in [0.4, 0.5) is 5.82 Å². The van der Waals surface area contributed by atoms with Crippen molar-refractivity contribution in [1.29, 1.82) is 0 Å². The molecule has 104 valence electrons. The molecule has 1 aliphatic carbocycles. The Bertz CT molecular complexity index is 734. The molecule has 0 amide bonds. The quantitative estimate of drug-likeness (QED) is 0.753. The SMILES string of the molecule is Nc1[nH]ncc1-c1nn2c(C3CCCCC3)nnc2s1. The molecule has 0 radical (unpaired) electrons. The molecule has 0 saturated heterocycles. The van der Waals surface area contributed by atoms with E-state index in [2.05, 4.69) is 25.5 Å².